The van der Waals surface area contributed by atoms with Gasteiger partial charge in [0, 0.05) is 5.39 Å². The smallest absolute Gasteiger partial charge is 0.323 e. The normalized spacial score (nSPS) is 12.3. The number of aldehydes is 1. The highest BCUT2D eigenvalue weighted by Crippen LogP contribution is 2.24. The van der Waals surface area contributed by atoms with Crippen molar-refractivity contribution in [2.24, 2.45) is 0 Å². The van der Waals surface area contributed by atoms with E-state index >= 15 is 0 Å². The molecule has 0 fully saturated rings. The van der Waals surface area contributed by atoms with E-state index in [9.17, 15) is 9.59 Å². The Kier molecular flexibility index (Phi) is 3.23. The van der Waals surface area contributed by atoms with Crippen LogP contribution in [0.25, 0.3) is 11.0 Å². The van der Waals surface area contributed by atoms with Crippen LogP contribution in [0.1, 0.15) is 18.6 Å². The van der Waals surface area contributed by atoms with Gasteiger partial charge in [-0.3, -0.25) is 4.79 Å². The first-order chi connectivity index (χ1) is 8.26. The Bertz CT molecular complexity index is 508. The van der Waals surface area contributed by atoms with Crippen LogP contribution in [0.3, 0.4) is 0 Å². The molecule has 0 radical (unpaired) electrons. The molecule has 17 heavy (non-hydrogen) atoms. The number of rotatable bonds is 4. The van der Waals surface area contributed by atoms with Gasteiger partial charge in [0.1, 0.15) is 17.6 Å². The van der Waals surface area contributed by atoms with Crippen molar-refractivity contribution < 1.29 is 18.7 Å². The molecule has 4 nitrogen and oxygen atoms in total. The molecular weight excluding hydrogens is 220 g/mol. The summed E-state index contributed by atoms with van der Waals surface area (Å²) in [5.41, 5.74) is 0.652. The monoisotopic (exact) mass is 232 g/mol. The van der Waals surface area contributed by atoms with Gasteiger partial charge in [-0.15, -0.1) is 0 Å². The Labute approximate surface area is 98.2 Å². The number of hydrogen-bond acceptors (Lipinski definition) is 4. The van der Waals surface area contributed by atoms with Crippen LogP contribution < -0.4 is 0 Å². The summed E-state index contributed by atoms with van der Waals surface area (Å²) >= 11 is 0. The molecule has 1 unspecified atom stereocenters. The third-order valence-electron chi connectivity index (χ3n) is 2.43. The molecular formula is C13H12O4. The summed E-state index contributed by atoms with van der Waals surface area (Å²) in [6.07, 6.45) is 0.537. The van der Waals surface area contributed by atoms with E-state index in [1.807, 2.05) is 18.2 Å². The average Bonchev–Trinajstić information content (AvgIpc) is 2.73. The summed E-state index contributed by atoms with van der Waals surface area (Å²) in [6.45, 7) is 1.93. The molecule has 0 saturated carbocycles. The van der Waals surface area contributed by atoms with Gasteiger partial charge in [-0.25, -0.2) is 0 Å². The Morgan fingerprint density at radius 1 is 1.47 bits per heavy atom. The molecule has 1 atom stereocenters. The molecule has 0 N–H and O–H groups in total. The summed E-state index contributed by atoms with van der Waals surface area (Å²) in [7, 11) is 0. The number of furan rings is 1. The van der Waals surface area contributed by atoms with Gasteiger partial charge in [-0.1, -0.05) is 18.2 Å². The molecule has 1 aromatic heterocycles. The molecule has 4 heteroatoms. The van der Waals surface area contributed by atoms with E-state index in [0.717, 1.165) is 5.39 Å². The zero-order valence-electron chi connectivity index (χ0n) is 9.38. The number of para-hydroxylation sites is 1. The minimum Gasteiger partial charge on any atom is -0.465 e. The second-order valence-corrected chi connectivity index (χ2v) is 3.55. The maximum absolute atomic E-state index is 11.5. The van der Waals surface area contributed by atoms with Crippen LogP contribution in [0, 0.1) is 0 Å². The predicted octanol–water partition coefficient (Wildman–Crippen LogP) is 2.28. The minimum atomic E-state index is -0.984. The van der Waals surface area contributed by atoms with Crippen molar-refractivity contribution >= 4 is 23.2 Å². The lowest BCUT2D eigenvalue weighted by molar-refractivity contribution is -0.146. The van der Waals surface area contributed by atoms with E-state index in [4.69, 9.17) is 9.15 Å². The van der Waals surface area contributed by atoms with E-state index in [1.165, 1.54) is 0 Å². The lowest BCUT2D eigenvalue weighted by atomic mass is 10.1. The van der Waals surface area contributed by atoms with Crippen molar-refractivity contribution in [2.75, 3.05) is 6.61 Å². The maximum atomic E-state index is 11.5. The van der Waals surface area contributed by atoms with Crippen LogP contribution in [0.15, 0.2) is 34.7 Å². The molecule has 0 aliphatic heterocycles. The van der Waals surface area contributed by atoms with E-state index in [0.29, 0.717) is 17.6 Å². The molecule has 0 saturated heterocycles. The second kappa shape index (κ2) is 4.82. The molecule has 0 aliphatic rings. The lowest BCUT2D eigenvalue weighted by Gasteiger charge is -2.05. The largest absolute Gasteiger partial charge is 0.465 e. The van der Waals surface area contributed by atoms with Gasteiger partial charge in [0.2, 0.25) is 0 Å². The van der Waals surface area contributed by atoms with Crippen LogP contribution in [-0.2, 0) is 14.3 Å². The summed E-state index contributed by atoms with van der Waals surface area (Å²) < 4.78 is 10.3. The number of carbonyl (C=O) groups excluding carboxylic acids is 2. The zero-order valence-corrected chi connectivity index (χ0v) is 9.38. The molecule has 2 rings (SSSR count). The quantitative estimate of drug-likeness (QED) is 0.461. The number of esters is 1. The van der Waals surface area contributed by atoms with Gasteiger partial charge in [0.25, 0.3) is 0 Å². The van der Waals surface area contributed by atoms with Gasteiger partial charge >= 0.3 is 5.97 Å². The van der Waals surface area contributed by atoms with Gasteiger partial charge in [-0.2, -0.15) is 0 Å². The molecule has 2 aromatic rings. The number of benzene rings is 1. The molecule has 1 aromatic carbocycles. The first-order valence-electron chi connectivity index (χ1n) is 5.36. The summed E-state index contributed by atoms with van der Waals surface area (Å²) in [5.74, 6) is -1.25. The van der Waals surface area contributed by atoms with Crippen molar-refractivity contribution in [1.82, 2.24) is 0 Å². The Balaban J connectivity index is 2.36. The van der Waals surface area contributed by atoms with E-state index < -0.39 is 11.9 Å². The lowest BCUT2D eigenvalue weighted by Crippen LogP contribution is -2.16. The molecule has 88 valence electrons. The third kappa shape index (κ3) is 2.20. The fourth-order valence-corrected chi connectivity index (χ4v) is 1.63. The Hall–Kier alpha value is -2.10. The first-order valence-corrected chi connectivity index (χ1v) is 5.36. The van der Waals surface area contributed by atoms with Gasteiger partial charge in [0.05, 0.1) is 6.61 Å². The number of fused-ring (bicyclic) bond motifs is 1. The minimum absolute atomic E-state index is 0.239. The van der Waals surface area contributed by atoms with Gasteiger partial charge in [0.15, 0.2) is 5.92 Å². The average molecular weight is 232 g/mol. The zero-order chi connectivity index (χ0) is 12.3. The third-order valence-corrected chi connectivity index (χ3v) is 2.43. The second-order valence-electron chi connectivity index (χ2n) is 3.55. The van der Waals surface area contributed by atoms with Crippen LogP contribution in [0.4, 0.5) is 0 Å². The molecule has 0 aliphatic carbocycles. The SMILES string of the molecule is CCOC(=O)C(C=O)c1cc2ccccc2o1. The van der Waals surface area contributed by atoms with Crippen molar-refractivity contribution in [1.29, 1.82) is 0 Å². The highest BCUT2D eigenvalue weighted by atomic mass is 16.5. The van der Waals surface area contributed by atoms with E-state index in [2.05, 4.69) is 0 Å². The van der Waals surface area contributed by atoms with Crippen LogP contribution in [0.2, 0.25) is 0 Å². The van der Waals surface area contributed by atoms with Gasteiger partial charge < -0.3 is 13.9 Å². The van der Waals surface area contributed by atoms with Crippen molar-refractivity contribution in [3.63, 3.8) is 0 Å². The molecule has 1 heterocycles. The predicted molar refractivity (Wildman–Crippen MR) is 61.7 cm³/mol. The topological polar surface area (TPSA) is 56.5 Å². The Morgan fingerprint density at radius 2 is 2.24 bits per heavy atom. The highest BCUT2D eigenvalue weighted by Gasteiger charge is 2.25. The number of carbonyl (C=O) groups is 2. The van der Waals surface area contributed by atoms with Gasteiger partial charge in [-0.05, 0) is 19.1 Å². The van der Waals surface area contributed by atoms with E-state index in [1.54, 1.807) is 19.1 Å². The van der Waals surface area contributed by atoms with Crippen LogP contribution in [-0.4, -0.2) is 18.9 Å². The Morgan fingerprint density at radius 3 is 2.88 bits per heavy atom. The fraction of sp³-hybridized carbons (Fsp3) is 0.231. The van der Waals surface area contributed by atoms with Crippen molar-refractivity contribution in [2.45, 2.75) is 12.8 Å². The van der Waals surface area contributed by atoms with Crippen LogP contribution in [0.5, 0.6) is 0 Å². The number of hydrogen-bond donors (Lipinski definition) is 0. The van der Waals surface area contributed by atoms with Crippen molar-refractivity contribution in [3.8, 4) is 0 Å². The van der Waals surface area contributed by atoms with Crippen LogP contribution >= 0.6 is 0 Å². The fourth-order valence-electron chi connectivity index (χ4n) is 1.63. The summed E-state index contributed by atoms with van der Waals surface area (Å²) in [4.78, 5) is 22.5. The molecule has 0 bridgehead atoms. The maximum Gasteiger partial charge on any atom is 0.323 e. The first kappa shape index (κ1) is 11.4. The summed E-state index contributed by atoms with van der Waals surface area (Å²) in [5, 5.41) is 0.860. The number of ether oxygens (including phenoxy) is 1. The standard InChI is InChI=1S/C13H12O4/c1-2-16-13(15)10(8-14)12-7-9-5-3-4-6-11(9)17-12/h3-8,10H,2H2,1H3. The highest BCUT2D eigenvalue weighted by molar-refractivity contribution is 5.94. The van der Waals surface area contributed by atoms with E-state index in [-0.39, 0.29) is 6.61 Å². The molecule has 0 amide bonds. The van der Waals surface area contributed by atoms with Crippen molar-refractivity contribution in [3.05, 3.63) is 36.1 Å². The summed E-state index contributed by atoms with van der Waals surface area (Å²) in [6, 6.07) is 9.02. The molecule has 0 spiro atoms.